The van der Waals surface area contributed by atoms with Crippen LogP contribution in [0.3, 0.4) is 0 Å². The molecule has 21 heavy (non-hydrogen) atoms. The van der Waals surface area contributed by atoms with Crippen molar-refractivity contribution in [2.75, 3.05) is 19.8 Å². The predicted octanol–water partition coefficient (Wildman–Crippen LogP) is 1.86. The molecule has 0 radical (unpaired) electrons. The van der Waals surface area contributed by atoms with Crippen LogP contribution in [0.15, 0.2) is 36.4 Å². The number of hydrogen-bond donors (Lipinski definition) is 2. The smallest absolute Gasteiger partial charge is 0.254 e. The summed E-state index contributed by atoms with van der Waals surface area (Å²) in [6.45, 7) is 0.486. The van der Waals surface area contributed by atoms with Gasteiger partial charge < -0.3 is 15.2 Å². The van der Waals surface area contributed by atoms with E-state index in [1.54, 1.807) is 6.07 Å². The highest BCUT2D eigenvalue weighted by Gasteiger charge is 2.36. The lowest BCUT2D eigenvalue weighted by molar-refractivity contribution is 0.0786. The standard InChI is InChI=1S/C16H16FNO3/c17-14-8-12-4-2-1-3-11(12)7-13(14)15(20)18-16(9-19)5-6-21-10-16/h1-4,7-8,19H,5-6,9-10H2,(H,18,20). The van der Waals surface area contributed by atoms with Crippen LogP contribution in [-0.2, 0) is 4.74 Å². The summed E-state index contributed by atoms with van der Waals surface area (Å²) >= 11 is 0. The van der Waals surface area contributed by atoms with Gasteiger partial charge in [-0.05, 0) is 29.3 Å². The second-order valence-electron chi connectivity index (χ2n) is 5.37. The van der Waals surface area contributed by atoms with Crippen LogP contribution in [0.2, 0.25) is 0 Å². The van der Waals surface area contributed by atoms with Gasteiger partial charge in [0, 0.05) is 6.61 Å². The minimum Gasteiger partial charge on any atom is -0.394 e. The highest BCUT2D eigenvalue weighted by molar-refractivity contribution is 5.99. The molecule has 0 spiro atoms. The van der Waals surface area contributed by atoms with Gasteiger partial charge in [0.1, 0.15) is 5.82 Å². The summed E-state index contributed by atoms with van der Waals surface area (Å²) in [4.78, 5) is 12.3. The van der Waals surface area contributed by atoms with Gasteiger partial charge in [-0.1, -0.05) is 24.3 Å². The number of carbonyl (C=O) groups is 1. The number of rotatable bonds is 3. The predicted molar refractivity (Wildman–Crippen MR) is 76.6 cm³/mol. The fourth-order valence-corrected chi connectivity index (χ4v) is 2.56. The van der Waals surface area contributed by atoms with Gasteiger partial charge in [-0.2, -0.15) is 0 Å². The minimum absolute atomic E-state index is 0.0200. The number of aliphatic hydroxyl groups excluding tert-OH is 1. The topological polar surface area (TPSA) is 58.6 Å². The molecule has 0 aromatic heterocycles. The summed E-state index contributed by atoms with van der Waals surface area (Å²) in [5, 5.41) is 13.7. The number of fused-ring (bicyclic) bond motifs is 1. The molecule has 1 heterocycles. The summed E-state index contributed by atoms with van der Waals surface area (Å²) in [7, 11) is 0. The van der Waals surface area contributed by atoms with Gasteiger partial charge in [0.2, 0.25) is 0 Å². The average molecular weight is 289 g/mol. The lowest BCUT2D eigenvalue weighted by atomic mass is 9.98. The molecule has 1 unspecified atom stereocenters. The van der Waals surface area contributed by atoms with Gasteiger partial charge in [0.05, 0.1) is 24.3 Å². The van der Waals surface area contributed by atoms with E-state index in [4.69, 9.17) is 4.74 Å². The van der Waals surface area contributed by atoms with Gasteiger partial charge >= 0.3 is 0 Å². The van der Waals surface area contributed by atoms with Gasteiger partial charge in [-0.15, -0.1) is 0 Å². The van der Waals surface area contributed by atoms with E-state index in [0.29, 0.717) is 13.0 Å². The summed E-state index contributed by atoms with van der Waals surface area (Å²) < 4.78 is 19.3. The number of benzene rings is 2. The monoisotopic (exact) mass is 289 g/mol. The van der Waals surface area contributed by atoms with Crippen LogP contribution in [0.4, 0.5) is 4.39 Å². The Morgan fingerprint density at radius 1 is 1.33 bits per heavy atom. The maximum Gasteiger partial charge on any atom is 0.254 e. The highest BCUT2D eigenvalue weighted by atomic mass is 19.1. The normalized spacial score (nSPS) is 21.6. The maximum atomic E-state index is 14.1. The molecule has 2 aromatic rings. The average Bonchev–Trinajstić information content (AvgIpc) is 2.95. The second-order valence-corrected chi connectivity index (χ2v) is 5.37. The third-order valence-corrected chi connectivity index (χ3v) is 3.86. The van der Waals surface area contributed by atoms with Gasteiger partial charge in [0.25, 0.3) is 5.91 Å². The Morgan fingerprint density at radius 3 is 2.67 bits per heavy atom. The molecule has 0 saturated carbocycles. The molecule has 1 saturated heterocycles. The number of carbonyl (C=O) groups excluding carboxylic acids is 1. The van der Waals surface area contributed by atoms with E-state index in [9.17, 15) is 14.3 Å². The van der Waals surface area contributed by atoms with E-state index in [1.165, 1.54) is 12.1 Å². The lowest BCUT2D eigenvalue weighted by Gasteiger charge is -2.26. The van der Waals surface area contributed by atoms with Crippen LogP contribution < -0.4 is 5.32 Å². The van der Waals surface area contributed by atoms with Crippen LogP contribution in [0.25, 0.3) is 10.8 Å². The molecule has 1 atom stereocenters. The lowest BCUT2D eigenvalue weighted by Crippen LogP contribution is -2.52. The maximum absolute atomic E-state index is 14.1. The number of nitrogens with one attached hydrogen (secondary N) is 1. The Bertz CT molecular complexity index is 680. The van der Waals surface area contributed by atoms with Crippen molar-refractivity contribution in [3.63, 3.8) is 0 Å². The third-order valence-electron chi connectivity index (χ3n) is 3.86. The Labute approximate surface area is 121 Å². The number of amides is 1. The zero-order valence-corrected chi connectivity index (χ0v) is 11.4. The summed E-state index contributed by atoms with van der Waals surface area (Å²) in [6.07, 6.45) is 0.518. The van der Waals surface area contributed by atoms with Crippen molar-refractivity contribution < 1.29 is 19.0 Å². The van der Waals surface area contributed by atoms with Gasteiger partial charge in [-0.25, -0.2) is 4.39 Å². The molecular weight excluding hydrogens is 273 g/mol. The van der Waals surface area contributed by atoms with E-state index >= 15 is 0 Å². The Balaban J connectivity index is 1.92. The molecular formula is C16H16FNO3. The first-order chi connectivity index (χ1) is 10.1. The number of hydrogen-bond acceptors (Lipinski definition) is 3. The Hall–Kier alpha value is -1.98. The molecule has 2 N–H and O–H groups in total. The fraction of sp³-hybridized carbons (Fsp3) is 0.312. The number of aliphatic hydroxyl groups is 1. The quantitative estimate of drug-likeness (QED) is 0.906. The summed E-state index contributed by atoms with van der Waals surface area (Å²) in [5.74, 6) is -1.10. The Kier molecular flexibility index (Phi) is 3.61. The van der Waals surface area contributed by atoms with Crippen LogP contribution in [-0.4, -0.2) is 36.4 Å². The van der Waals surface area contributed by atoms with Crippen LogP contribution >= 0.6 is 0 Å². The van der Waals surface area contributed by atoms with E-state index in [1.807, 2.05) is 18.2 Å². The molecule has 1 amide bonds. The fourth-order valence-electron chi connectivity index (χ4n) is 2.56. The van der Waals surface area contributed by atoms with Crippen molar-refractivity contribution in [2.24, 2.45) is 0 Å². The second kappa shape index (κ2) is 5.42. The molecule has 2 aromatic carbocycles. The third kappa shape index (κ3) is 2.62. The van der Waals surface area contributed by atoms with Crippen molar-refractivity contribution in [3.05, 3.63) is 47.8 Å². The molecule has 3 rings (SSSR count). The summed E-state index contributed by atoms with van der Waals surface area (Å²) in [6, 6.07) is 10.1. The van der Waals surface area contributed by atoms with Gasteiger partial charge in [-0.3, -0.25) is 4.79 Å². The van der Waals surface area contributed by atoms with E-state index in [2.05, 4.69) is 5.32 Å². The highest BCUT2D eigenvalue weighted by Crippen LogP contribution is 2.22. The SMILES string of the molecule is O=C(NC1(CO)CCOC1)c1cc2ccccc2cc1F. The van der Waals surface area contributed by atoms with Crippen molar-refractivity contribution in [1.29, 1.82) is 0 Å². The molecule has 0 aliphatic carbocycles. The molecule has 0 bridgehead atoms. The number of ether oxygens (including phenoxy) is 1. The van der Waals surface area contributed by atoms with E-state index < -0.39 is 17.3 Å². The minimum atomic E-state index is -0.810. The molecule has 1 aliphatic heterocycles. The van der Waals surface area contributed by atoms with Crippen LogP contribution in [0.5, 0.6) is 0 Å². The molecule has 5 heteroatoms. The summed E-state index contributed by atoms with van der Waals surface area (Å²) in [5.41, 5.74) is -0.830. The van der Waals surface area contributed by atoms with Crippen molar-refractivity contribution in [3.8, 4) is 0 Å². The number of halogens is 1. The van der Waals surface area contributed by atoms with Crippen LogP contribution in [0.1, 0.15) is 16.8 Å². The van der Waals surface area contributed by atoms with Gasteiger partial charge in [0.15, 0.2) is 0 Å². The molecule has 1 fully saturated rings. The van der Waals surface area contributed by atoms with E-state index in [0.717, 1.165) is 10.8 Å². The first-order valence-electron chi connectivity index (χ1n) is 6.83. The van der Waals surface area contributed by atoms with Crippen molar-refractivity contribution in [2.45, 2.75) is 12.0 Å². The molecule has 4 nitrogen and oxygen atoms in total. The first-order valence-corrected chi connectivity index (χ1v) is 6.83. The van der Waals surface area contributed by atoms with Crippen molar-refractivity contribution >= 4 is 16.7 Å². The molecule has 1 aliphatic rings. The van der Waals surface area contributed by atoms with E-state index in [-0.39, 0.29) is 18.8 Å². The Morgan fingerprint density at radius 2 is 2.05 bits per heavy atom. The first kappa shape index (κ1) is 14.0. The van der Waals surface area contributed by atoms with Crippen molar-refractivity contribution in [1.82, 2.24) is 5.32 Å². The van der Waals surface area contributed by atoms with Crippen LogP contribution in [0, 0.1) is 5.82 Å². The molecule has 110 valence electrons. The zero-order valence-electron chi connectivity index (χ0n) is 11.4. The zero-order chi connectivity index (χ0) is 14.9. The largest absolute Gasteiger partial charge is 0.394 e.